The number of hydrogen-bond donors (Lipinski definition) is 0. The molecule has 7 nitrogen and oxygen atoms in total. The smallest absolute Gasteiger partial charge is 0.744 e. The van der Waals surface area contributed by atoms with Gasteiger partial charge in [0.1, 0.15) is 10.1 Å². The van der Waals surface area contributed by atoms with Crippen molar-refractivity contribution in [2.45, 2.75) is 95.8 Å². The first kappa shape index (κ1) is 36.2. The summed E-state index contributed by atoms with van der Waals surface area (Å²) in [6.45, 7) is 4.58. The van der Waals surface area contributed by atoms with Crippen molar-refractivity contribution in [1.82, 2.24) is 0 Å². The number of carbonyl (C=O) groups is 2. The Balaban J connectivity index is 0.0000130. The van der Waals surface area contributed by atoms with Gasteiger partial charge in [0.25, 0.3) is 0 Å². The topological polar surface area (TPSA) is 110 Å². The van der Waals surface area contributed by atoms with Crippen LogP contribution in [0.25, 0.3) is 0 Å². The third kappa shape index (κ3) is 16.7. The molecule has 0 aliphatic heterocycles. The number of ether oxygens (including phenoxy) is 2. The number of benzene rings is 1. The number of hydrogen-bond acceptors (Lipinski definition) is 7. The van der Waals surface area contributed by atoms with Crippen molar-refractivity contribution in [3.8, 4) is 0 Å². The molecule has 0 N–H and O–H groups in total. The molecule has 0 amide bonds. The first-order valence-electron chi connectivity index (χ1n) is 13.0. The molecule has 0 unspecified atom stereocenters. The summed E-state index contributed by atoms with van der Waals surface area (Å²) in [7, 11) is -4.80. The standard InChI is InChI=1S/C28H42O7S.K/c1-3-5-7-9-11-13-15-17-21-34-27(29)25-20-19-24(36(31,32)33)23-26(25)28(30)35-22-18-16-14-12-10-8-6-4-2;/h9-12,19-20,23H,3-8,13-18,21-22H2,1-2H3,(H,31,32,33);/q;+1/p-1/b11-9+,12-10+;. The molecule has 0 aromatic heterocycles. The summed E-state index contributed by atoms with van der Waals surface area (Å²) in [6, 6.07) is 3.02. The summed E-state index contributed by atoms with van der Waals surface area (Å²) in [5.74, 6) is -1.62. The van der Waals surface area contributed by atoms with E-state index in [9.17, 15) is 22.6 Å². The van der Waals surface area contributed by atoms with E-state index in [0.29, 0.717) is 12.8 Å². The molecule has 0 bridgehead atoms. The zero-order chi connectivity index (χ0) is 26.7. The van der Waals surface area contributed by atoms with Crippen LogP contribution in [0.1, 0.15) is 112 Å². The zero-order valence-electron chi connectivity index (χ0n) is 22.7. The van der Waals surface area contributed by atoms with Gasteiger partial charge in [-0.25, -0.2) is 18.0 Å². The molecule has 1 aromatic carbocycles. The molecule has 202 valence electrons. The van der Waals surface area contributed by atoms with Crippen molar-refractivity contribution >= 4 is 22.1 Å². The molecule has 0 saturated carbocycles. The monoisotopic (exact) mass is 560 g/mol. The number of esters is 2. The molecular weight excluding hydrogens is 519 g/mol. The SMILES string of the molecule is CCCC/C=C/CCCCOC(=O)c1ccc(S(=O)(=O)[O-])cc1C(=O)OCCCC/C=C/CCCC.[K+]. The third-order valence-electron chi connectivity index (χ3n) is 5.50. The minimum atomic E-state index is -4.80. The van der Waals surface area contributed by atoms with Crippen molar-refractivity contribution in [1.29, 1.82) is 0 Å². The molecule has 37 heavy (non-hydrogen) atoms. The van der Waals surface area contributed by atoms with E-state index in [1.165, 1.54) is 6.42 Å². The molecule has 0 fully saturated rings. The summed E-state index contributed by atoms with van der Waals surface area (Å²) in [5, 5.41) is 0. The number of allylic oxidation sites excluding steroid dienone is 4. The molecule has 1 aromatic rings. The quantitative estimate of drug-likeness (QED) is 0.0833. The van der Waals surface area contributed by atoms with Gasteiger partial charge in [0.05, 0.1) is 29.2 Å². The fraction of sp³-hybridized carbons (Fsp3) is 0.571. The maximum atomic E-state index is 12.6. The average Bonchev–Trinajstić information content (AvgIpc) is 2.85. The van der Waals surface area contributed by atoms with Crippen LogP contribution >= 0.6 is 0 Å². The van der Waals surface area contributed by atoms with E-state index in [2.05, 4.69) is 38.2 Å². The molecule has 0 heterocycles. The molecular formula is C28H41KO7S. The molecule has 0 saturated heterocycles. The van der Waals surface area contributed by atoms with Crippen LogP contribution in [0.2, 0.25) is 0 Å². The van der Waals surface area contributed by atoms with Crippen molar-refractivity contribution in [2.24, 2.45) is 0 Å². The van der Waals surface area contributed by atoms with Crippen LogP contribution in [0.3, 0.4) is 0 Å². The number of rotatable bonds is 19. The Bertz CT molecular complexity index is 955. The van der Waals surface area contributed by atoms with Crippen LogP contribution in [0.15, 0.2) is 47.4 Å². The van der Waals surface area contributed by atoms with E-state index >= 15 is 0 Å². The molecule has 0 aliphatic rings. The molecule has 1 rings (SSSR count). The van der Waals surface area contributed by atoms with E-state index < -0.39 is 27.0 Å². The van der Waals surface area contributed by atoms with Crippen LogP contribution in [0.5, 0.6) is 0 Å². The Labute approximate surface area is 265 Å². The average molecular weight is 561 g/mol. The minimum Gasteiger partial charge on any atom is -0.744 e. The van der Waals surface area contributed by atoms with Crippen LogP contribution in [0, 0.1) is 0 Å². The Morgan fingerprint density at radius 3 is 1.59 bits per heavy atom. The first-order valence-corrected chi connectivity index (χ1v) is 14.5. The van der Waals surface area contributed by atoms with Gasteiger partial charge in [-0.3, -0.25) is 0 Å². The molecule has 0 atom stereocenters. The second-order valence-corrected chi connectivity index (χ2v) is 10.0. The molecule has 9 heteroatoms. The largest absolute Gasteiger partial charge is 1.00 e. The summed E-state index contributed by atoms with van der Waals surface area (Å²) in [6.07, 6.45) is 20.0. The zero-order valence-corrected chi connectivity index (χ0v) is 26.6. The third-order valence-corrected chi connectivity index (χ3v) is 6.33. The fourth-order valence-electron chi connectivity index (χ4n) is 3.35. The summed E-state index contributed by atoms with van der Waals surface area (Å²) >= 11 is 0. The second-order valence-electron chi connectivity index (χ2n) is 8.65. The molecule has 0 aliphatic carbocycles. The van der Waals surface area contributed by atoms with Gasteiger partial charge in [-0.2, -0.15) is 0 Å². The normalized spacial score (nSPS) is 11.5. The van der Waals surface area contributed by atoms with Gasteiger partial charge < -0.3 is 14.0 Å². The van der Waals surface area contributed by atoms with Crippen LogP contribution in [0.4, 0.5) is 0 Å². The van der Waals surface area contributed by atoms with E-state index in [1.54, 1.807) is 0 Å². The van der Waals surface area contributed by atoms with E-state index in [0.717, 1.165) is 76.0 Å². The van der Waals surface area contributed by atoms with Gasteiger partial charge in [-0.1, -0.05) is 63.8 Å². The predicted molar refractivity (Wildman–Crippen MR) is 140 cm³/mol. The Morgan fingerprint density at radius 2 is 1.16 bits per heavy atom. The van der Waals surface area contributed by atoms with Crippen LogP contribution < -0.4 is 51.4 Å². The molecule has 0 spiro atoms. The van der Waals surface area contributed by atoms with E-state index in [4.69, 9.17) is 9.47 Å². The Hall–Kier alpha value is -0.814. The number of unbranched alkanes of at least 4 members (excludes halogenated alkanes) is 8. The van der Waals surface area contributed by atoms with Crippen molar-refractivity contribution < 1.29 is 83.4 Å². The van der Waals surface area contributed by atoms with Crippen molar-refractivity contribution in [3.05, 3.63) is 53.6 Å². The van der Waals surface area contributed by atoms with Crippen LogP contribution in [-0.2, 0) is 19.6 Å². The summed E-state index contributed by atoms with van der Waals surface area (Å²) in [5.41, 5.74) is -0.402. The van der Waals surface area contributed by atoms with Gasteiger partial charge in [0, 0.05) is 0 Å². The van der Waals surface area contributed by atoms with Gasteiger partial charge in [-0.05, 0) is 69.6 Å². The van der Waals surface area contributed by atoms with Crippen molar-refractivity contribution in [2.75, 3.05) is 13.2 Å². The van der Waals surface area contributed by atoms with Crippen LogP contribution in [-0.4, -0.2) is 38.1 Å². The van der Waals surface area contributed by atoms with Gasteiger partial charge >= 0.3 is 63.3 Å². The Morgan fingerprint density at radius 1 is 0.730 bits per heavy atom. The Kier molecular flexibility index (Phi) is 21.6. The van der Waals surface area contributed by atoms with Gasteiger partial charge in [0.2, 0.25) is 0 Å². The van der Waals surface area contributed by atoms with E-state index in [1.807, 2.05) is 0 Å². The van der Waals surface area contributed by atoms with Gasteiger partial charge in [0.15, 0.2) is 0 Å². The fourth-order valence-corrected chi connectivity index (χ4v) is 3.85. The maximum absolute atomic E-state index is 12.6. The van der Waals surface area contributed by atoms with Gasteiger partial charge in [-0.15, -0.1) is 0 Å². The van der Waals surface area contributed by atoms with E-state index in [-0.39, 0.29) is 75.7 Å². The minimum absolute atomic E-state index is 0. The van der Waals surface area contributed by atoms with Crippen molar-refractivity contribution in [3.63, 3.8) is 0 Å². The predicted octanol–water partition coefficient (Wildman–Crippen LogP) is 3.74. The first-order chi connectivity index (χ1) is 17.3. The summed E-state index contributed by atoms with van der Waals surface area (Å²) in [4.78, 5) is 24.6. The second kappa shape index (κ2) is 22.0. The summed E-state index contributed by atoms with van der Waals surface area (Å²) < 4.78 is 44.8. The molecule has 0 radical (unpaired) electrons. The maximum Gasteiger partial charge on any atom is 1.00 e. The number of carbonyl (C=O) groups excluding carboxylic acids is 2.